The molecule has 0 heterocycles. The first-order valence-electron chi connectivity index (χ1n) is 7.83. The Balaban J connectivity index is 3.27. The Morgan fingerprint density at radius 3 is 2.20 bits per heavy atom. The molecule has 4 N–H and O–H groups in total. The van der Waals surface area contributed by atoms with Crippen molar-refractivity contribution < 1.29 is 22.0 Å². The van der Waals surface area contributed by atoms with Crippen molar-refractivity contribution in [3.8, 4) is 0 Å². The Bertz CT molecular complexity index is 757. The Hall–Kier alpha value is -1.58. The lowest BCUT2D eigenvalue weighted by atomic mass is 9.96. The van der Waals surface area contributed by atoms with Crippen LogP contribution < -0.4 is 15.8 Å². The average molecular weight is 377 g/mol. The number of nitrogens with two attached hydrogens (primary N) is 1. The quantitative estimate of drug-likeness (QED) is 0.709. The molecule has 1 aromatic carbocycles. The Morgan fingerprint density at radius 1 is 1.16 bits per heavy atom. The van der Waals surface area contributed by atoms with Crippen LogP contribution in [0.15, 0.2) is 17.0 Å². The monoisotopic (exact) mass is 377 g/mol. The summed E-state index contributed by atoms with van der Waals surface area (Å²) < 4.78 is 54.9. The van der Waals surface area contributed by atoms with Crippen molar-refractivity contribution in [1.82, 2.24) is 4.72 Å². The third-order valence-electron chi connectivity index (χ3n) is 3.29. The molecule has 1 unspecified atom stereocenters. The predicted molar refractivity (Wildman–Crippen MR) is 92.6 cm³/mol. The van der Waals surface area contributed by atoms with Crippen molar-refractivity contribution in [1.29, 1.82) is 0 Å². The first kappa shape index (κ1) is 21.5. The van der Waals surface area contributed by atoms with E-state index >= 15 is 0 Å². The highest BCUT2D eigenvalue weighted by Gasteiger charge is 2.30. The van der Waals surface area contributed by atoms with Gasteiger partial charge >= 0.3 is 0 Å². The second-order valence-electron chi connectivity index (χ2n) is 7.24. The lowest BCUT2D eigenvalue weighted by molar-refractivity contribution is -0.120. The number of anilines is 1. The summed E-state index contributed by atoms with van der Waals surface area (Å²) in [5.41, 5.74) is 3.29. The van der Waals surface area contributed by atoms with E-state index in [1.807, 2.05) is 6.92 Å². The zero-order valence-electron chi connectivity index (χ0n) is 15.0. The fourth-order valence-corrected chi connectivity index (χ4v) is 3.69. The minimum atomic E-state index is -4.24. The number of hydrogen-bond donors (Lipinski definition) is 3. The van der Waals surface area contributed by atoms with Crippen LogP contribution in [-0.2, 0) is 14.8 Å². The van der Waals surface area contributed by atoms with Gasteiger partial charge in [0.25, 0.3) is 0 Å². The van der Waals surface area contributed by atoms with Gasteiger partial charge in [-0.15, -0.1) is 0 Å². The second kappa shape index (κ2) is 7.35. The van der Waals surface area contributed by atoms with Gasteiger partial charge in [0.15, 0.2) is 0 Å². The third kappa shape index (κ3) is 5.72. The SMILES string of the molecule is CCCC(C)(N)C(=O)Nc1cc(S(=O)(=O)NC(C)(C)C)c(F)cc1F. The Labute approximate surface area is 147 Å². The fraction of sp³-hybridized carbons (Fsp3) is 0.562. The molecule has 1 atom stereocenters. The minimum Gasteiger partial charge on any atom is -0.322 e. The van der Waals surface area contributed by atoms with Crippen LogP contribution in [0.2, 0.25) is 0 Å². The number of benzene rings is 1. The molecule has 0 fully saturated rings. The maximum atomic E-state index is 14.0. The van der Waals surface area contributed by atoms with Gasteiger partial charge in [0.1, 0.15) is 16.5 Å². The van der Waals surface area contributed by atoms with Crippen molar-refractivity contribution in [2.75, 3.05) is 5.32 Å². The lowest BCUT2D eigenvalue weighted by Crippen LogP contribution is -2.48. The van der Waals surface area contributed by atoms with Crippen LogP contribution in [0.5, 0.6) is 0 Å². The van der Waals surface area contributed by atoms with E-state index in [0.29, 0.717) is 18.9 Å². The zero-order valence-corrected chi connectivity index (χ0v) is 15.9. The van der Waals surface area contributed by atoms with E-state index in [4.69, 9.17) is 5.73 Å². The highest BCUT2D eigenvalue weighted by atomic mass is 32.2. The number of rotatable bonds is 6. The predicted octanol–water partition coefficient (Wildman–Crippen LogP) is 2.50. The molecule has 0 spiro atoms. The van der Waals surface area contributed by atoms with Gasteiger partial charge in [-0.3, -0.25) is 4.79 Å². The van der Waals surface area contributed by atoms with E-state index in [2.05, 4.69) is 10.0 Å². The first-order valence-corrected chi connectivity index (χ1v) is 9.31. The van der Waals surface area contributed by atoms with Gasteiger partial charge in [0, 0.05) is 11.6 Å². The molecule has 6 nitrogen and oxygen atoms in total. The van der Waals surface area contributed by atoms with Crippen molar-refractivity contribution in [3.05, 3.63) is 23.8 Å². The molecule has 0 bridgehead atoms. The topological polar surface area (TPSA) is 101 Å². The van der Waals surface area contributed by atoms with Crippen LogP contribution in [0.4, 0.5) is 14.5 Å². The van der Waals surface area contributed by atoms with E-state index in [0.717, 1.165) is 6.07 Å². The minimum absolute atomic E-state index is 0.346. The standard InChI is InChI=1S/C16H25F2N3O3S/c1-6-7-16(5,19)14(22)20-12-9-13(11(18)8-10(12)17)25(23,24)21-15(2,3)4/h8-9,21H,6-7,19H2,1-5H3,(H,20,22). The van der Waals surface area contributed by atoms with Crippen LogP contribution >= 0.6 is 0 Å². The highest BCUT2D eigenvalue weighted by Crippen LogP contribution is 2.25. The number of sulfonamides is 1. The molecule has 0 radical (unpaired) electrons. The summed E-state index contributed by atoms with van der Waals surface area (Å²) in [6, 6.07) is 1.17. The molecule has 0 aliphatic heterocycles. The number of halogens is 2. The molecular weight excluding hydrogens is 352 g/mol. The van der Waals surface area contributed by atoms with Crippen molar-refractivity contribution >= 4 is 21.6 Å². The Kier molecular flexibility index (Phi) is 6.31. The molecule has 0 aliphatic rings. The van der Waals surface area contributed by atoms with E-state index in [1.165, 1.54) is 6.92 Å². The van der Waals surface area contributed by atoms with Crippen molar-refractivity contribution in [2.24, 2.45) is 5.73 Å². The molecule has 1 amide bonds. The molecule has 1 rings (SSSR count). The third-order valence-corrected chi connectivity index (χ3v) is 5.06. The number of carbonyl (C=O) groups excluding carboxylic acids is 1. The molecular formula is C16H25F2N3O3S. The molecule has 1 aromatic rings. The summed E-state index contributed by atoms with van der Waals surface area (Å²) in [5, 5.41) is 2.24. The number of hydrogen-bond acceptors (Lipinski definition) is 4. The van der Waals surface area contributed by atoms with Crippen LogP contribution in [0.25, 0.3) is 0 Å². The maximum absolute atomic E-state index is 14.0. The van der Waals surface area contributed by atoms with E-state index in [9.17, 15) is 22.0 Å². The lowest BCUT2D eigenvalue weighted by Gasteiger charge is -2.24. The summed E-state index contributed by atoms with van der Waals surface area (Å²) in [4.78, 5) is 11.4. The van der Waals surface area contributed by atoms with Crippen LogP contribution in [0.3, 0.4) is 0 Å². The van der Waals surface area contributed by atoms with Crippen LogP contribution in [0.1, 0.15) is 47.5 Å². The zero-order chi connectivity index (χ0) is 19.6. The molecule has 25 heavy (non-hydrogen) atoms. The van der Waals surface area contributed by atoms with Gasteiger partial charge < -0.3 is 11.1 Å². The Morgan fingerprint density at radius 2 is 1.72 bits per heavy atom. The molecule has 142 valence electrons. The van der Waals surface area contributed by atoms with Gasteiger partial charge in [-0.2, -0.15) is 0 Å². The van der Waals surface area contributed by atoms with Gasteiger partial charge in [0.05, 0.1) is 11.2 Å². The maximum Gasteiger partial charge on any atom is 0.244 e. The normalized spacial score (nSPS) is 14.9. The van der Waals surface area contributed by atoms with Gasteiger partial charge in [-0.1, -0.05) is 13.3 Å². The summed E-state index contributed by atoms with van der Waals surface area (Å²) in [6.07, 6.45) is 0.972. The molecule has 0 saturated heterocycles. The van der Waals surface area contributed by atoms with E-state index in [1.54, 1.807) is 20.8 Å². The number of amides is 1. The number of carbonyl (C=O) groups is 1. The largest absolute Gasteiger partial charge is 0.322 e. The van der Waals surface area contributed by atoms with Crippen molar-refractivity contribution in [3.63, 3.8) is 0 Å². The smallest absolute Gasteiger partial charge is 0.244 e. The van der Waals surface area contributed by atoms with Crippen LogP contribution in [0, 0.1) is 11.6 Å². The summed E-state index contributed by atoms with van der Waals surface area (Å²) >= 11 is 0. The summed E-state index contributed by atoms with van der Waals surface area (Å²) in [6.45, 7) is 8.06. The molecule has 0 saturated carbocycles. The summed E-state index contributed by atoms with van der Waals surface area (Å²) in [5.74, 6) is -3.03. The molecule has 9 heteroatoms. The second-order valence-corrected chi connectivity index (χ2v) is 8.89. The molecule has 0 aromatic heterocycles. The number of nitrogens with one attached hydrogen (secondary N) is 2. The molecule has 0 aliphatic carbocycles. The van der Waals surface area contributed by atoms with Gasteiger partial charge in [-0.25, -0.2) is 21.9 Å². The van der Waals surface area contributed by atoms with Gasteiger partial charge in [-0.05, 0) is 40.2 Å². The van der Waals surface area contributed by atoms with E-state index in [-0.39, 0.29) is 0 Å². The first-order chi connectivity index (χ1) is 11.2. The fourth-order valence-electron chi connectivity index (χ4n) is 2.19. The summed E-state index contributed by atoms with van der Waals surface area (Å²) in [7, 11) is -4.24. The average Bonchev–Trinajstić information content (AvgIpc) is 2.38. The highest BCUT2D eigenvalue weighted by molar-refractivity contribution is 7.89. The van der Waals surface area contributed by atoms with Crippen molar-refractivity contribution in [2.45, 2.75) is 63.4 Å². The van der Waals surface area contributed by atoms with Gasteiger partial charge in [0.2, 0.25) is 15.9 Å². The van der Waals surface area contributed by atoms with Crippen LogP contribution in [-0.4, -0.2) is 25.4 Å². The van der Waals surface area contributed by atoms with E-state index < -0.39 is 49.2 Å².